The summed E-state index contributed by atoms with van der Waals surface area (Å²) in [6, 6.07) is 3.56. The number of ether oxygens (including phenoxy) is 1. The molecule has 0 aliphatic carbocycles. The first-order chi connectivity index (χ1) is 11.4. The van der Waals surface area contributed by atoms with Crippen molar-refractivity contribution in [2.24, 2.45) is 0 Å². The van der Waals surface area contributed by atoms with E-state index in [4.69, 9.17) is 4.74 Å². The van der Waals surface area contributed by atoms with E-state index in [1.54, 1.807) is 10.6 Å². The molecule has 0 N–H and O–H groups in total. The minimum absolute atomic E-state index is 0.0531. The van der Waals surface area contributed by atoms with E-state index in [0.29, 0.717) is 12.4 Å². The second-order valence-corrected chi connectivity index (χ2v) is 5.80. The summed E-state index contributed by atoms with van der Waals surface area (Å²) in [6.45, 7) is 2.38. The number of rotatable bonds is 3. The van der Waals surface area contributed by atoms with Crippen molar-refractivity contribution in [2.45, 2.75) is 32.5 Å². The Morgan fingerprint density at radius 2 is 1.92 bits per heavy atom. The largest absolute Gasteiger partial charge is 0.473 e. The molecule has 0 saturated carbocycles. The van der Waals surface area contributed by atoms with Crippen LogP contribution in [-0.2, 0) is 13.2 Å². The first kappa shape index (κ1) is 16.4. The van der Waals surface area contributed by atoms with E-state index < -0.39 is 23.1 Å². The Morgan fingerprint density at radius 1 is 1.25 bits per heavy atom. The van der Waals surface area contributed by atoms with E-state index in [2.05, 4.69) is 4.98 Å². The average molecular weight is 339 g/mol. The van der Waals surface area contributed by atoms with Crippen molar-refractivity contribution < 1.29 is 17.9 Å². The standard InChI is InChI=1S/C16H16F3N3O2/c1-9-3-4-22-14(21(9)2)7-13(20-16(22)23)24-8-10-5-11(17)15(19)12(18)6-10/h5-7,9H,3-4,8H2,1-2H3/t9-/m1/s1. The number of aromatic nitrogens is 2. The molecule has 0 amide bonds. The molecule has 1 atom stereocenters. The molecule has 0 bridgehead atoms. The van der Waals surface area contributed by atoms with Gasteiger partial charge in [-0.05, 0) is 31.0 Å². The van der Waals surface area contributed by atoms with Crippen LogP contribution in [-0.4, -0.2) is 22.6 Å². The number of hydrogen-bond donors (Lipinski definition) is 0. The van der Waals surface area contributed by atoms with E-state index in [0.717, 1.165) is 18.6 Å². The van der Waals surface area contributed by atoms with Gasteiger partial charge in [0.25, 0.3) is 0 Å². The lowest BCUT2D eigenvalue weighted by Gasteiger charge is -2.34. The molecular formula is C16H16F3N3O2. The van der Waals surface area contributed by atoms with Gasteiger partial charge in [0.05, 0.1) is 0 Å². The molecule has 3 rings (SSSR count). The van der Waals surface area contributed by atoms with Gasteiger partial charge in [0.1, 0.15) is 12.4 Å². The Labute approximate surface area is 136 Å². The number of anilines is 1. The van der Waals surface area contributed by atoms with Crippen molar-refractivity contribution in [3.63, 3.8) is 0 Å². The molecule has 0 radical (unpaired) electrons. The molecule has 8 heteroatoms. The molecular weight excluding hydrogens is 323 g/mol. The Balaban J connectivity index is 1.84. The molecule has 5 nitrogen and oxygen atoms in total. The van der Waals surface area contributed by atoms with Crippen molar-refractivity contribution in [3.05, 3.63) is 51.7 Å². The van der Waals surface area contributed by atoms with Crippen LogP contribution in [0.5, 0.6) is 5.88 Å². The predicted molar refractivity (Wildman–Crippen MR) is 81.6 cm³/mol. The summed E-state index contributed by atoms with van der Waals surface area (Å²) < 4.78 is 46.3. The van der Waals surface area contributed by atoms with Gasteiger partial charge in [0, 0.05) is 25.7 Å². The van der Waals surface area contributed by atoms with Crippen LogP contribution in [0.1, 0.15) is 18.9 Å². The van der Waals surface area contributed by atoms with E-state index in [-0.39, 0.29) is 24.1 Å². The Kier molecular flexibility index (Phi) is 4.21. The van der Waals surface area contributed by atoms with Gasteiger partial charge < -0.3 is 9.64 Å². The van der Waals surface area contributed by atoms with Crippen LogP contribution < -0.4 is 15.3 Å². The summed E-state index contributed by atoms with van der Waals surface area (Å²) in [7, 11) is 1.86. The predicted octanol–water partition coefficient (Wildman–Crippen LogP) is 2.47. The van der Waals surface area contributed by atoms with E-state index in [1.807, 2.05) is 18.9 Å². The highest BCUT2D eigenvalue weighted by Gasteiger charge is 2.22. The van der Waals surface area contributed by atoms with Gasteiger partial charge >= 0.3 is 5.69 Å². The molecule has 1 aliphatic rings. The second-order valence-electron chi connectivity index (χ2n) is 5.80. The summed E-state index contributed by atoms with van der Waals surface area (Å²) in [5.74, 6) is -3.39. The first-order valence-electron chi connectivity index (χ1n) is 7.47. The lowest BCUT2D eigenvalue weighted by molar-refractivity contribution is 0.287. The maximum absolute atomic E-state index is 13.2. The quantitative estimate of drug-likeness (QED) is 0.806. The summed E-state index contributed by atoms with van der Waals surface area (Å²) in [4.78, 5) is 17.8. The van der Waals surface area contributed by atoms with Gasteiger partial charge in [-0.1, -0.05) is 0 Å². The summed E-state index contributed by atoms with van der Waals surface area (Å²) in [6.07, 6.45) is 0.833. The van der Waals surface area contributed by atoms with E-state index >= 15 is 0 Å². The van der Waals surface area contributed by atoms with Crippen molar-refractivity contribution in [1.29, 1.82) is 0 Å². The van der Waals surface area contributed by atoms with Crippen LogP contribution in [0.4, 0.5) is 19.0 Å². The zero-order valence-electron chi connectivity index (χ0n) is 13.2. The SMILES string of the molecule is C[C@@H]1CCn2c(cc(OCc3cc(F)c(F)c(F)c3)nc2=O)N1C. The molecule has 24 heavy (non-hydrogen) atoms. The average Bonchev–Trinajstić information content (AvgIpc) is 2.54. The van der Waals surface area contributed by atoms with Crippen molar-refractivity contribution in [2.75, 3.05) is 11.9 Å². The van der Waals surface area contributed by atoms with Gasteiger partial charge in [0.2, 0.25) is 5.88 Å². The van der Waals surface area contributed by atoms with Gasteiger partial charge in [-0.2, -0.15) is 4.98 Å². The number of halogens is 3. The molecule has 1 aliphatic heterocycles. The fourth-order valence-corrected chi connectivity index (χ4v) is 2.63. The summed E-state index contributed by atoms with van der Waals surface area (Å²) in [5, 5.41) is 0. The molecule has 0 unspecified atom stereocenters. The van der Waals surface area contributed by atoms with Crippen molar-refractivity contribution >= 4 is 5.82 Å². The van der Waals surface area contributed by atoms with Crippen LogP contribution in [0.25, 0.3) is 0 Å². The van der Waals surface area contributed by atoms with Gasteiger partial charge in [-0.3, -0.25) is 4.57 Å². The topological polar surface area (TPSA) is 47.4 Å². The summed E-state index contributed by atoms with van der Waals surface area (Å²) in [5.41, 5.74) is -0.342. The molecule has 1 aromatic heterocycles. The molecule has 0 saturated heterocycles. The van der Waals surface area contributed by atoms with Crippen LogP contribution >= 0.6 is 0 Å². The number of hydrogen-bond acceptors (Lipinski definition) is 4. The van der Waals surface area contributed by atoms with Crippen molar-refractivity contribution in [3.8, 4) is 5.88 Å². The second kappa shape index (κ2) is 6.18. The van der Waals surface area contributed by atoms with Crippen molar-refractivity contribution in [1.82, 2.24) is 9.55 Å². The van der Waals surface area contributed by atoms with Crippen LogP contribution in [0.3, 0.4) is 0 Å². The molecule has 0 fully saturated rings. The lowest BCUT2D eigenvalue weighted by Crippen LogP contribution is -2.41. The van der Waals surface area contributed by atoms with E-state index in [1.165, 1.54) is 0 Å². The van der Waals surface area contributed by atoms with Crippen LogP contribution in [0.2, 0.25) is 0 Å². The minimum atomic E-state index is -1.53. The smallest absolute Gasteiger partial charge is 0.352 e. The highest BCUT2D eigenvalue weighted by molar-refractivity contribution is 5.43. The monoisotopic (exact) mass is 339 g/mol. The highest BCUT2D eigenvalue weighted by Crippen LogP contribution is 2.24. The fraction of sp³-hybridized carbons (Fsp3) is 0.375. The van der Waals surface area contributed by atoms with Gasteiger partial charge in [0.15, 0.2) is 17.5 Å². The zero-order valence-corrected chi connectivity index (χ0v) is 13.2. The minimum Gasteiger partial charge on any atom is -0.473 e. The first-order valence-corrected chi connectivity index (χ1v) is 7.47. The third-order valence-corrected chi connectivity index (χ3v) is 4.19. The number of fused-ring (bicyclic) bond motifs is 1. The molecule has 0 spiro atoms. The normalized spacial score (nSPS) is 16.9. The molecule has 1 aromatic carbocycles. The molecule has 128 valence electrons. The fourth-order valence-electron chi connectivity index (χ4n) is 2.63. The van der Waals surface area contributed by atoms with E-state index in [9.17, 15) is 18.0 Å². The molecule has 2 aromatic rings. The van der Waals surface area contributed by atoms with Gasteiger partial charge in [-0.15, -0.1) is 0 Å². The van der Waals surface area contributed by atoms with Crippen LogP contribution in [0, 0.1) is 17.5 Å². The third kappa shape index (κ3) is 2.95. The van der Waals surface area contributed by atoms with Crippen LogP contribution in [0.15, 0.2) is 23.0 Å². The Hall–Kier alpha value is -2.51. The lowest BCUT2D eigenvalue weighted by atomic mass is 10.1. The summed E-state index contributed by atoms with van der Waals surface area (Å²) >= 11 is 0. The highest BCUT2D eigenvalue weighted by atomic mass is 19.2. The van der Waals surface area contributed by atoms with Gasteiger partial charge in [-0.25, -0.2) is 18.0 Å². The number of nitrogens with zero attached hydrogens (tertiary/aromatic N) is 3. The zero-order chi connectivity index (χ0) is 17.4. The molecule has 2 heterocycles. The maximum Gasteiger partial charge on any atom is 0.352 e. The Bertz CT molecular complexity index is 815. The maximum atomic E-state index is 13.2. The number of benzene rings is 1. The third-order valence-electron chi connectivity index (χ3n) is 4.19. The Morgan fingerprint density at radius 3 is 2.58 bits per heavy atom.